The van der Waals surface area contributed by atoms with Crippen molar-refractivity contribution in [1.29, 1.82) is 5.41 Å². The van der Waals surface area contributed by atoms with Gasteiger partial charge in [-0.05, 0) is 37.5 Å². The van der Waals surface area contributed by atoms with Crippen molar-refractivity contribution in [3.8, 4) is 0 Å². The highest BCUT2D eigenvalue weighted by molar-refractivity contribution is 5.84. The number of hydrogen-bond donors (Lipinski definition) is 3. The van der Waals surface area contributed by atoms with Crippen LogP contribution in [0.1, 0.15) is 64.2 Å². The van der Waals surface area contributed by atoms with Gasteiger partial charge in [0, 0.05) is 6.54 Å². The third kappa shape index (κ3) is 2.85. The van der Waals surface area contributed by atoms with Gasteiger partial charge >= 0.3 is 0 Å². The van der Waals surface area contributed by atoms with E-state index in [0.29, 0.717) is 11.8 Å². The Hall–Kier alpha value is -0.610. The van der Waals surface area contributed by atoms with Crippen molar-refractivity contribution in [2.24, 2.45) is 17.6 Å². The van der Waals surface area contributed by atoms with E-state index in [0.717, 1.165) is 13.2 Å². The molecule has 1 atom stereocenters. The Balaban J connectivity index is 1.92. The fraction of sp³-hybridized carbons (Fsp3) is 0.941. The number of morpholine rings is 1. The SMILES string of the molecule is N=C(N)C1NCCOC1(C1CCCCC1)C1CCCCC1. The highest BCUT2D eigenvalue weighted by Crippen LogP contribution is 2.48. The maximum absolute atomic E-state index is 8.12. The van der Waals surface area contributed by atoms with E-state index >= 15 is 0 Å². The lowest BCUT2D eigenvalue weighted by molar-refractivity contribution is -0.168. The molecule has 1 saturated heterocycles. The molecule has 0 radical (unpaired) electrons. The standard InChI is InChI=1S/C17H31N3O/c18-16(19)15-17(21-12-11-20-15,13-7-3-1-4-8-13)14-9-5-2-6-10-14/h13-15,20H,1-12H2,(H3,18,19). The van der Waals surface area contributed by atoms with Gasteiger partial charge in [0.15, 0.2) is 0 Å². The minimum absolute atomic E-state index is 0.0718. The van der Waals surface area contributed by atoms with Crippen molar-refractivity contribution >= 4 is 5.84 Å². The van der Waals surface area contributed by atoms with Gasteiger partial charge in [0.2, 0.25) is 0 Å². The van der Waals surface area contributed by atoms with E-state index in [-0.39, 0.29) is 17.5 Å². The summed E-state index contributed by atoms with van der Waals surface area (Å²) >= 11 is 0. The minimum Gasteiger partial charge on any atom is -0.386 e. The fourth-order valence-corrected chi connectivity index (χ4v) is 5.17. The molecule has 2 aliphatic carbocycles. The van der Waals surface area contributed by atoms with Gasteiger partial charge in [-0.1, -0.05) is 38.5 Å². The topological polar surface area (TPSA) is 71.1 Å². The van der Waals surface area contributed by atoms with Gasteiger partial charge < -0.3 is 15.8 Å². The predicted molar refractivity (Wildman–Crippen MR) is 85.5 cm³/mol. The van der Waals surface area contributed by atoms with Crippen LogP contribution in [0.3, 0.4) is 0 Å². The van der Waals surface area contributed by atoms with Crippen molar-refractivity contribution in [2.45, 2.75) is 75.9 Å². The van der Waals surface area contributed by atoms with Crippen LogP contribution in [0.4, 0.5) is 0 Å². The predicted octanol–water partition coefficient (Wildman–Crippen LogP) is 2.81. The van der Waals surface area contributed by atoms with E-state index in [4.69, 9.17) is 15.9 Å². The van der Waals surface area contributed by atoms with Gasteiger partial charge in [-0.25, -0.2) is 0 Å². The minimum atomic E-state index is -0.203. The quantitative estimate of drug-likeness (QED) is 0.553. The van der Waals surface area contributed by atoms with Crippen molar-refractivity contribution in [1.82, 2.24) is 5.32 Å². The second kappa shape index (κ2) is 6.66. The molecule has 4 heteroatoms. The fourth-order valence-electron chi connectivity index (χ4n) is 5.17. The number of rotatable bonds is 3. The summed E-state index contributed by atoms with van der Waals surface area (Å²) in [5.41, 5.74) is 5.79. The zero-order valence-corrected chi connectivity index (χ0v) is 13.2. The lowest BCUT2D eigenvalue weighted by Crippen LogP contribution is -2.69. The van der Waals surface area contributed by atoms with E-state index in [1.807, 2.05) is 0 Å². The number of nitrogens with two attached hydrogens (primary N) is 1. The van der Waals surface area contributed by atoms with Crippen LogP contribution in [0.25, 0.3) is 0 Å². The molecular formula is C17H31N3O. The summed E-state index contributed by atoms with van der Waals surface area (Å²) in [5.74, 6) is 1.44. The molecule has 0 aromatic carbocycles. The summed E-state index contributed by atoms with van der Waals surface area (Å²) in [7, 11) is 0. The zero-order chi connectivity index (χ0) is 14.7. The second-order valence-corrected chi connectivity index (χ2v) is 7.21. The van der Waals surface area contributed by atoms with Gasteiger partial charge in [-0.2, -0.15) is 0 Å². The highest BCUT2D eigenvalue weighted by atomic mass is 16.5. The Morgan fingerprint density at radius 3 is 1.95 bits per heavy atom. The molecule has 4 nitrogen and oxygen atoms in total. The highest BCUT2D eigenvalue weighted by Gasteiger charge is 2.54. The molecule has 1 heterocycles. The average molecular weight is 293 g/mol. The average Bonchev–Trinajstić information content (AvgIpc) is 2.56. The molecule has 0 amide bonds. The number of nitrogens with one attached hydrogen (secondary N) is 2. The number of hydrogen-bond acceptors (Lipinski definition) is 3. The van der Waals surface area contributed by atoms with Crippen LogP contribution < -0.4 is 11.1 Å². The van der Waals surface area contributed by atoms with Crippen LogP contribution >= 0.6 is 0 Å². The molecular weight excluding hydrogens is 262 g/mol. The van der Waals surface area contributed by atoms with Crippen molar-refractivity contribution in [3.05, 3.63) is 0 Å². The molecule has 3 aliphatic rings. The maximum atomic E-state index is 8.12. The molecule has 1 aliphatic heterocycles. The van der Waals surface area contributed by atoms with Gasteiger partial charge in [0.1, 0.15) is 5.84 Å². The number of ether oxygens (including phenoxy) is 1. The van der Waals surface area contributed by atoms with E-state index in [9.17, 15) is 0 Å². The van der Waals surface area contributed by atoms with Gasteiger partial charge in [-0.3, -0.25) is 5.41 Å². The van der Waals surface area contributed by atoms with Crippen molar-refractivity contribution in [3.63, 3.8) is 0 Å². The first-order valence-corrected chi connectivity index (χ1v) is 8.96. The zero-order valence-electron chi connectivity index (χ0n) is 13.2. The Morgan fingerprint density at radius 2 is 1.48 bits per heavy atom. The van der Waals surface area contributed by atoms with Crippen molar-refractivity contribution < 1.29 is 4.74 Å². The molecule has 3 rings (SSSR count). The Bertz CT molecular complexity index is 341. The molecule has 1 unspecified atom stereocenters. The Labute approximate surface area is 128 Å². The lowest BCUT2D eigenvalue weighted by Gasteiger charge is -2.55. The Morgan fingerprint density at radius 1 is 0.952 bits per heavy atom. The summed E-state index contributed by atoms with van der Waals surface area (Å²) in [6.07, 6.45) is 13.0. The third-order valence-corrected chi connectivity index (χ3v) is 6.05. The molecule has 0 aromatic heterocycles. The molecule has 120 valence electrons. The van der Waals surface area contributed by atoms with Gasteiger partial charge in [0.05, 0.1) is 18.2 Å². The van der Waals surface area contributed by atoms with Crippen LogP contribution in [0.2, 0.25) is 0 Å². The van der Waals surface area contributed by atoms with Crippen LogP contribution in [0.5, 0.6) is 0 Å². The molecule has 0 bridgehead atoms. The van der Waals surface area contributed by atoms with Gasteiger partial charge in [0.25, 0.3) is 0 Å². The van der Waals surface area contributed by atoms with Crippen LogP contribution in [-0.2, 0) is 4.74 Å². The maximum Gasteiger partial charge on any atom is 0.111 e. The molecule has 21 heavy (non-hydrogen) atoms. The summed E-state index contributed by atoms with van der Waals surface area (Å²) in [6.45, 7) is 1.60. The van der Waals surface area contributed by atoms with E-state index in [2.05, 4.69) is 5.32 Å². The normalized spacial score (nSPS) is 31.9. The molecule has 3 fully saturated rings. The summed E-state index contributed by atoms with van der Waals surface area (Å²) in [4.78, 5) is 0. The van der Waals surface area contributed by atoms with Crippen LogP contribution in [0, 0.1) is 17.2 Å². The summed E-state index contributed by atoms with van der Waals surface area (Å²) < 4.78 is 6.54. The lowest BCUT2D eigenvalue weighted by atomic mass is 9.62. The summed E-state index contributed by atoms with van der Waals surface area (Å²) in [6, 6.07) is -0.0718. The first kappa shape index (κ1) is 15.3. The first-order chi connectivity index (χ1) is 10.2. The van der Waals surface area contributed by atoms with E-state index in [1.165, 1.54) is 64.2 Å². The first-order valence-electron chi connectivity index (χ1n) is 8.96. The largest absolute Gasteiger partial charge is 0.386 e. The van der Waals surface area contributed by atoms with E-state index in [1.54, 1.807) is 0 Å². The van der Waals surface area contributed by atoms with Crippen LogP contribution in [-0.4, -0.2) is 30.6 Å². The smallest absolute Gasteiger partial charge is 0.111 e. The van der Waals surface area contributed by atoms with Crippen molar-refractivity contribution in [2.75, 3.05) is 13.2 Å². The van der Waals surface area contributed by atoms with Gasteiger partial charge in [-0.15, -0.1) is 0 Å². The summed E-state index contributed by atoms with van der Waals surface area (Å²) in [5, 5.41) is 11.6. The molecule has 4 N–H and O–H groups in total. The Kier molecular flexibility index (Phi) is 4.85. The monoisotopic (exact) mass is 293 g/mol. The third-order valence-electron chi connectivity index (χ3n) is 6.05. The second-order valence-electron chi connectivity index (χ2n) is 7.21. The molecule has 0 spiro atoms. The molecule has 2 saturated carbocycles. The molecule has 0 aromatic rings. The van der Waals surface area contributed by atoms with Crippen LogP contribution in [0.15, 0.2) is 0 Å². The number of amidine groups is 1. The van der Waals surface area contributed by atoms with E-state index < -0.39 is 0 Å².